The van der Waals surface area contributed by atoms with Crippen LogP contribution in [0.4, 0.5) is 5.69 Å². The molecule has 0 atom stereocenters. The maximum atomic E-state index is 13.3. The lowest BCUT2D eigenvalue weighted by molar-refractivity contribution is -0.143. The first-order valence-electron chi connectivity index (χ1n) is 11.0. The fourth-order valence-electron chi connectivity index (χ4n) is 3.28. The van der Waals surface area contributed by atoms with E-state index in [4.69, 9.17) is 25.6 Å². The molecule has 0 radical (unpaired) electrons. The lowest BCUT2D eigenvalue weighted by Gasteiger charge is -2.11. The van der Waals surface area contributed by atoms with Gasteiger partial charge in [-0.15, -0.1) is 0 Å². The van der Waals surface area contributed by atoms with Gasteiger partial charge in [0.15, 0.2) is 0 Å². The number of carbonyl (C=O) groups is 1. The van der Waals surface area contributed by atoms with Crippen LogP contribution in [-0.2, 0) is 22.6 Å². The molecule has 0 aliphatic heterocycles. The molecular weight excluding hydrogens is 490 g/mol. The Bertz CT molecular complexity index is 1500. The summed E-state index contributed by atoms with van der Waals surface area (Å²) in [7, 11) is 0. The van der Waals surface area contributed by atoms with Gasteiger partial charge in [-0.05, 0) is 54.0 Å². The van der Waals surface area contributed by atoms with E-state index in [9.17, 15) is 14.4 Å². The third-order valence-corrected chi connectivity index (χ3v) is 5.24. The average molecular weight is 512 g/mol. The summed E-state index contributed by atoms with van der Waals surface area (Å²) >= 11 is 5.98. The SMILES string of the molecule is CCOC(=O)CCn1c(=O)[nH]/c(=N\c2ccc(Oc3ccon3)cc2)n(Cc2ccc(Cl)cc2)c1=O. The molecule has 0 fully saturated rings. The summed E-state index contributed by atoms with van der Waals surface area (Å²) < 4.78 is 17.4. The van der Waals surface area contributed by atoms with Gasteiger partial charge in [0.05, 0.1) is 25.3 Å². The molecule has 186 valence electrons. The lowest BCUT2D eigenvalue weighted by atomic mass is 10.2. The van der Waals surface area contributed by atoms with Crippen LogP contribution in [0.1, 0.15) is 18.9 Å². The van der Waals surface area contributed by atoms with Crippen molar-refractivity contribution >= 4 is 23.3 Å². The third kappa shape index (κ3) is 6.19. The van der Waals surface area contributed by atoms with E-state index in [1.807, 2.05) is 0 Å². The predicted molar refractivity (Wildman–Crippen MR) is 129 cm³/mol. The number of benzene rings is 2. The minimum Gasteiger partial charge on any atom is -0.466 e. The van der Waals surface area contributed by atoms with Crippen LogP contribution in [0, 0.1) is 0 Å². The van der Waals surface area contributed by atoms with Crippen LogP contribution in [0.3, 0.4) is 0 Å². The van der Waals surface area contributed by atoms with Crippen LogP contribution in [0.15, 0.2) is 80.0 Å². The van der Waals surface area contributed by atoms with Crippen LogP contribution >= 0.6 is 11.6 Å². The van der Waals surface area contributed by atoms with Gasteiger partial charge in [0.1, 0.15) is 12.0 Å². The number of hydrogen-bond donors (Lipinski definition) is 1. The smallest absolute Gasteiger partial charge is 0.335 e. The molecule has 0 amide bonds. The topological polar surface area (TPSA) is 134 Å². The fraction of sp³-hybridized carbons (Fsp3) is 0.208. The summed E-state index contributed by atoms with van der Waals surface area (Å²) in [4.78, 5) is 44.9. The second kappa shape index (κ2) is 11.4. The van der Waals surface area contributed by atoms with Gasteiger partial charge in [-0.25, -0.2) is 19.1 Å². The Hall–Kier alpha value is -4.38. The predicted octanol–water partition coefficient (Wildman–Crippen LogP) is 3.01. The maximum absolute atomic E-state index is 13.3. The van der Waals surface area contributed by atoms with Gasteiger partial charge in [-0.1, -0.05) is 23.7 Å². The summed E-state index contributed by atoms with van der Waals surface area (Å²) in [5, 5.41) is 4.24. The van der Waals surface area contributed by atoms with Crippen molar-refractivity contribution in [3.05, 3.63) is 98.0 Å². The number of rotatable bonds is 9. The van der Waals surface area contributed by atoms with Gasteiger partial charge in [-0.3, -0.25) is 14.3 Å². The maximum Gasteiger partial charge on any atom is 0.335 e. The van der Waals surface area contributed by atoms with Gasteiger partial charge in [0.25, 0.3) is 5.88 Å². The highest BCUT2D eigenvalue weighted by Gasteiger charge is 2.12. The number of aromatic nitrogens is 4. The molecule has 4 rings (SSSR count). The summed E-state index contributed by atoms with van der Waals surface area (Å²) in [6.45, 7) is 1.86. The standard InChI is InChI=1S/C24H22ClN5O6/c1-2-34-21(31)11-13-29-23(32)27-22(30(24(29)33)15-16-3-5-17(25)6-4-16)26-18-7-9-19(10-8-18)36-20-12-14-35-28-20/h3-10,12,14H,2,11,13,15H2,1H3,(H,26,27,32). The summed E-state index contributed by atoms with van der Waals surface area (Å²) in [5.74, 6) is 0.297. The molecule has 0 aliphatic carbocycles. The molecular formula is C24H22ClN5O6. The van der Waals surface area contributed by atoms with E-state index in [0.29, 0.717) is 22.3 Å². The highest BCUT2D eigenvalue weighted by Crippen LogP contribution is 2.22. The Kier molecular flexibility index (Phi) is 7.81. The molecule has 0 saturated carbocycles. The van der Waals surface area contributed by atoms with Crippen molar-refractivity contribution in [2.75, 3.05) is 6.61 Å². The Morgan fingerprint density at radius 3 is 2.50 bits per heavy atom. The Labute approximate surface area is 209 Å². The summed E-state index contributed by atoms with van der Waals surface area (Å²) in [6.07, 6.45) is 1.27. The first kappa shape index (κ1) is 24.7. The first-order valence-corrected chi connectivity index (χ1v) is 11.4. The summed E-state index contributed by atoms with van der Waals surface area (Å²) in [6, 6.07) is 15.1. The molecule has 2 aromatic heterocycles. The molecule has 2 aromatic carbocycles. The van der Waals surface area contributed by atoms with Gasteiger partial charge in [-0.2, -0.15) is 0 Å². The number of H-pyrrole nitrogens is 1. The van der Waals surface area contributed by atoms with Crippen LogP contribution in [0.2, 0.25) is 5.02 Å². The molecule has 4 aromatic rings. The zero-order valence-electron chi connectivity index (χ0n) is 19.2. The fourth-order valence-corrected chi connectivity index (χ4v) is 3.40. The Morgan fingerprint density at radius 2 is 1.83 bits per heavy atom. The normalized spacial score (nSPS) is 11.4. The Morgan fingerprint density at radius 1 is 1.08 bits per heavy atom. The zero-order valence-corrected chi connectivity index (χ0v) is 20.0. The van der Waals surface area contributed by atoms with E-state index in [1.165, 1.54) is 10.8 Å². The van der Waals surface area contributed by atoms with E-state index in [1.54, 1.807) is 61.5 Å². The van der Waals surface area contributed by atoms with E-state index < -0.39 is 17.3 Å². The molecule has 12 heteroatoms. The van der Waals surface area contributed by atoms with E-state index in [-0.39, 0.29) is 31.7 Å². The lowest BCUT2D eigenvalue weighted by Crippen LogP contribution is -2.50. The highest BCUT2D eigenvalue weighted by atomic mass is 35.5. The largest absolute Gasteiger partial charge is 0.466 e. The van der Waals surface area contributed by atoms with Crippen molar-refractivity contribution in [3.8, 4) is 11.6 Å². The molecule has 2 heterocycles. The molecule has 0 bridgehead atoms. The molecule has 1 N–H and O–H groups in total. The van der Waals surface area contributed by atoms with E-state index >= 15 is 0 Å². The van der Waals surface area contributed by atoms with Gasteiger partial charge < -0.3 is 14.0 Å². The van der Waals surface area contributed by atoms with Gasteiger partial charge >= 0.3 is 17.3 Å². The van der Waals surface area contributed by atoms with Crippen molar-refractivity contribution in [2.24, 2.45) is 4.99 Å². The van der Waals surface area contributed by atoms with Gasteiger partial charge in [0.2, 0.25) is 5.62 Å². The second-order valence-corrected chi connectivity index (χ2v) is 7.94. The third-order valence-electron chi connectivity index (χ3n) is 4.99. The average Bonchev–Trinajstić information content (AvgIpc) is 3.37. The highest BCUT2D eigenvalue weighted by molar-refractivity contribution is 6.30. The molecule has 0 saturated heterocycles. The molecule has 0 spiro atoms. The molecule has 36 heavy (non-hydrogen) atoms. The molecule has 0 aliphatic rings. The van der Waals surface area contributed by atoms with Crippen molar-refractivity contribution in [1.29, 1.82) is 0 Å². The minimum atomic E-state index is -0.693. The van der Waals surface area contributed by atoms with Crippen LogP contribution in [-0.4, -0.2) is 31.9 Å². The first-order chi connectivity index (χ1) is 17.4. The van der Waals surface area contributed by atoms with Crippen molar-refractivity contribution in [2.45, 2.75) is 26.4 Å². The van der Waals surface area contributed by atoms with Crippen molar-refractivity contribution in [1.82, 2.24) is 19.3 Å². The number of halogens is 1. The summed E-state index contributed by atoms with van der Waals surface area (Å²) in [5.41, 5.74) is -0.0494. The number of aromatic amines is 1. The van der Waals surface area contributed by atoms with Gasteiger partial charge in [0, 0.05) is 17.6 Å². The second-order valence-electron chi connectivity index (χ2n) is 7.50. The number of carbonyl (C=O) groups excluding carboxylic acids is 1. The number of ether oxygens (including phenoxy) is 2. The van der Waals surface area contributed by atoms with E-state index in [0.717, 1.165) is 10.1 Å². The van der Waals surface area contributed by atoms with E-state index in [2.05, 4.69) is 15.1 Å². The van der Waals surface area contributed by atoms with Crippen LogP contribution < -0.4 is 21.7 Å². The zero-order chi connectivity index (χ0) is 25.5. The van der Waals surface area contributed by atoms with Crippen LogP contribution in [0.25, 0.3) is 0 Å². The number of esters is 1. The monoisotopic (exact) mass is 511 g/mol. The van der Waals surface area contributed by atoms with Crippen LogP contribution in [0.5, 0.6) is 11.6 Å². The number of nitrogens with one attached hydrogen (secondary N) is 1. The number of nitrogens with zero attached hydrogens (tertiary/aromatic N) is 4. The molecule has 0 unspecified atom stereocenters. The van der Waals surface area contributed by atoms with Crippen molar-refractivity contribution < 1.29 is 18.8 Å². The Balaban J connectivity index is 1.71. The number of hydrogen-bond acceptors (Lipinski definition) is 8. The quantitative estimate of drug-likeness (QED) is 0.341. The van der Waals surface area contributed by atoms with Crippen molar-refractivity contribution in [3.63, 3.8) is 0 Å². The molecule has 11 nitrogen and oxygen atoms in total. The minimum absolute atomic E-state index is 0.0394.